The zero-order chi connectivity index (χ0) is 6.69. The molecule has 51 valence electrons. The van der Waals surface area contributed by atoms with Crippen molar-refractivity contribution in [3.8, 4) is 0 Å². The van der Waals surface area contributed by atoms with Crippen LogP contribution in [-0.2, 0) is 0 Å². The first-order valence-corrected chi connectivity index (χ1v) is 5.44. The molecular formula is C7H8BClP. The van der Waals surface area contributed by atoms with E-state index in [-0.39, 0.29) is 8.41 Å². The van der Waals surface area contributed by atoms with Crippen LogP contribution in [0.4, 0.5) is 0 Å². The zero-order valence-corrected chi connectivity index (χ0v) is 7.44. The molecule has 0 nitrogen and oxygen atoms in total. The van der Waals surface area contributed by atoms with Gasteiger partial charge in [-0.2, -0.15) is 0 Å². The lowest BCUT2D eigenvalue weighted by Crippen LogP contribution is -1.92. The second-order valence-corrected chi connectivity index (χ2v) is 4.80. The van der Waals surface area contributed by atoms with Crippen molar-refractivity contribution in [3.63, 3.8) is 0 Å². The summed E-state index contributed by atoms with van der Waals surface area (Å²) in [5.74, 6) is 0. The minimum absolute atomic E-state index is 0. The maximum atomic E-state index is 5.87. The summed E-state index contributed by atoms with van der Waals surface area (Å²) in [6.45, 7) is 2.03. The van der Waals surface area contributed by atoms with Gasteiger partial charge in [0.15, 0.2) is 0 Å². The Kier molecular flexibility index (Phi) is 4.77. The van der Waals surface area contributed by atoms with Crippen molar-refractivity contribution in [1.29, 1.82) is 0 Å². The Morgan fingerprint density at radius 1 is 1.20 bits per heavy atom. The molecule has 3 radical (unpaired) electrons. The van der Waals surface area contributed by atoms with Crippen LogP contribution in [0.25, 0.3) is 0 Å². The molecule has 0 saturated heterocycles. The summed E-state index contributed by atoms with van der Waals surface area (Å²) < 4.78 is 0. The average molecular weight is 169 g/mol. The van der Waals surface area contributed by atoms with Crippen LogP contribution < -0.4 is 5.30 Å². The lowest BCUT2D eigenvalue weighted by molar-refractivity contribution is 1.77. The molecule has 0 aliphatic rings. The molecule has 0 fully saturated rings. The minimum atomic E-state index is -0.423. The Hall–Kier alpha value is 0.00494. The van der Waals surface area contributed by atoms with E-state index in [1.165, 1.54) is 5.30 Å². The maximum Gasteiger partial charge on any atom is 0.0180 e. The molecule has 0 heterocycles. The topological polar surface area (TPSA) is 0 Å². The summed E-state index contributed by atoms with van der Waals surface area (Å²) in [4.78, 5) is 0. The van der Waals surface area contributed by atoms with Gasteiger partial charge >= 0.3 is 0 Å². The van der Waals surface area contributed by atoms with Crippen molar-refractivity contribution < 1.29 is 0 Å². The third kappa shape index (κ3) is 2.73. The first kappa shape index (κ1) is 10.0. The summed E-state index contributed by atoms with van der Waals surface area (Å²) in [6, 6.07) is 10.1. The van der Waals surface area contributed by atoms with Crippen molar-refractivity contribution in [2.24, 2.45) is 0 Å². The largest absolute Gasteiger partial charge is 0.0915 e. The highest BCUT2D eigenvalue weighted by Crippen LogP contribution is 2.34. The second-order valence-electron chi connectivity index (χ2n) is 1.81. The molecule has 1 unspecified atom stereocenters. The van der Waals surface area contributed by atoms with Gasteiger partial charge in [-0.15, -0.1) is 0 Å². The van der Waals surface area contributed by atoms with E-state index in [0.29, 0.717) is 0 Å². The fraction of sp³-hybridized carbons (Fsp3) is 0.143. The van der Waals surface area contributed by atoms with Crippen molar-refractivity contribution in [3.05, 3.63) is 30.3 Å². The second kappa shape index (κ2) is 4.76. The molecule has 1 aromatic carbocycles. The summed E-state index contributed by atoms with van der Waals surface area (Å²) in [5, 5.41) is 1.24. The number of halogens is 1. The van der Waals surface area contributed by atoms with E-state index in [4.69, 9.17) is 11.2 Å². The van der Waals surface area contributed by atoms with Gasteiger partial charge in [0.1, 0.15) is 0 Å². The normalized spacial score (nSPS) is 11.8. The van der Waals surface area contributed by atoms with Gasteiger partial charge in [-0.05, 0) is 12.0 Å². The van der Waals surface area contributed by atoms with Crippen molar-refractivity contribution in [2.45, 2.75) is 0 Å². The molecule has 0 aromatic heterocycles. The van der Waals surface area contributed by atoms with E-state index in [1.807, 2.05) is 24.9 Å². The molecule has 1 aromatic rings. The van der Waals surface area contributed by atoms with Crippen molar-refractivity contribution in [1.82, 2.24) is 0 Å². The van der Waals surface area contributed by atoms with Crippen LogP contribution in [0.15, 0.2) is 30.3 Å². The highest BCUT2D eigenvalue weighted by Gasteiger charge is 1.95. The lowest BCUT2D eigenvalue weighted by atomic mass is 10.4. The molecule has 1 rings (SSSR count). The number of rotatable bonds is 1. The summed E-state index contributed by atoms with van der Waals surface area (Å²) in [5.41, 5.74) is 0. The van der Waals surface area contributed by atoms with Crippen LogP contribution in [0.5, 0.6) is 0 Å². The van der Waals surface area contributed by atoms with Gasteiger partial charge in [0.05, 0.1) is 0 Å². The van der Waals surface area contributed by atoms with E-state index in [9.17, 15) is 0 Å². The summed E-state index contributed by atoms with van der Waals surface area (Å²) in [7, 11) is -0.423. The fourth-order valence-corrected chi connectivity index (χ4v) is 1.55. The Morgan fingerprint density at radius 3 is 2.00 bits per heavy atom. The van der Waals surface area contributed by atoms with E-state index in [1.54, 1.807) is 0 Å². The van der Waals surface area contributed by atoms with Crippen molar-refractivity contribution in [2.75, 3.05) is 6.66 Å². The summed E-state index contributed by atoms with van der Waals surface area (Å²) in [6.07, 6.45) is 0. The fourth-order valence-electron chi connectivity index (χ4n) is 0.633. The highest BCUT2D eigenvalue weighted by atomic mass is 35.7. The van der Waals surface area contributed by atoms with Crippen LogP contribution in [0, 0.1) is 0 Å². The summed E-state index contributed by atoms with van der Waals surface area (Å²) >= 11 is 5.87. The molecule has 0 spiro atoms. The minimum Gasteiger partial charge on any atom is -0.0915 e. The van der Waals surface area contributed by atoms with Gasteiger partial charge in [-0.25, -0.2) is 0 Å². The number of hydrogen-bond acceptors (Lipinski definition) is 0. The van der Waals surface area contributed by atoms with E-state index in [0.717, 1.165) is 0 Å². The Bertz CT molecular complexity index is 176. The standard InChI is InChI=1S/C7H8ClP.B/c1-9(8)7-5-3-2-4-6-7;/h2-6H,1H3;. The predicted octanol–water partition coefficient (Wildman–Crippen LogP) is 2.20. The van der Waals surface area contributed by atoms with E-state index < -0.39 is 7.27 Å². The lowest BCUT2D eigenvalue weighted by Gasteiger charge is -1.99. The SMILES string of the molecule is CP(Cl)c1ccccc1.[B]. The third-order valence-corrected chi connectivity index (χ3v) is 2.71. The molecule has 1 atom stereocenters. The predicted molar refractivity (Wildman–Crippen MR) is 50.5 cm³/mol. The van der Waals surface area contributed by atoms with Crippen LogP contribution in [0.1, 0.15) is 0 Å². The molecule has 0 bridgehead atoms. The first-order chi connectivity index (χ1) is 4.30. The molecule has 0 aliphatic carbocycles. The van der Waals surface area contributed by atoms with Crippen LogP contribution in [-0.4, -0.2) is 15.1 Å². The molecular weight excluding hydrogens is 161 g/mol. The maximum absolute atomic E-state index is 5.87. The van der Waals surface area contributed by atoms with Crippen molar-refractivity contribution >= 4 is 32.2 Å². The molecule has 0 saturated carbocycles. The van der Waals surface area contributed by atoms with Gasteiger partial charge in [0.25, 0.3) is 0 Å². The highest BCUT2D eigenvalue weighted by molar-refractivity contribution is 7.89. The monoisotopic (exact) mass is 169 g/mol. The number of benzene rings is 1. The Morgan fingerprint density at radius 2 is 1.70 bits per heavy atom. The van der Waals surface area contributed by atoms with E-state index in [2.05, 4.69) is 12.1 Å². The van der Waals surface area contributed by atoms with Gasteiger partial charge < -0.3 is 0 Å². The van der Waals surface area contributed by atoms with Gasteiger partial charge in [-0.1, -0.05) is 41.6 Å². The molecule has 0 amide bonds. The molecule has 0 N–H and O–H groups in total. The number of hydrogen-bond donors (Lipinski definition) is 0. The smallest absolute Gasteiger partial charge is 0.0180 e. The van der Waals surface area contributed by atoms with Gasteiger partial charge in [0, 0.05) is 15.7 Å². The van der Waals surface area contributed by atoms with Crippen LogP contribution in [0.3, 0.4) is 0 Å². The molecule has 0 aliphatic heterocycles. The van der Waals surface area contributed by atoms with E-state index >= 15 is 0 Å². The Labute approximate surface area is 69.7 Å². The average Bonchev–Trinajstić information content (AvgIpc) is 1.90. The zero-order valence-electron chi connectivity index (χ0n) is 5.79. The van der Waals surface area contributed by atoms with Crippen LogP contribution in [0.2, 0.25) is 0 Å². The Balaban J connectivity index is 0.000000810. The van der Waals surface area contributed by atoms with Gasteiger partial charge in [-0.3, -0.25) is 0 Å². The quantitative estimate of drug-likeness (QED) is 0.447. The van der Waals surface area contributed by atoms with Gasteiger partial charge in [0.2, 0.25) is 0 Å². The first-order valence-electron chi connectivity index (χ1n) is 2.75. The van der Waals surface area contributed by atoms with Crippen LogP contribution >= 0.6 is 18.5 Å². The third-order valence-electron chi connectivity index (χ3n) is 1.11. The molecule has 10 heavy (non-hydrogen) atoms. The molecule has 3 heteroatoms.